The highest BCUT2D eigenvalue weighted by molar-refractivity contribution is 5.80. The summed E-state index contributed by atoms with van der Waals surface area (Å²) in [5, 5.41) is 0. The second-order valence-corrected chi connectivity index (χ2v) is 5.71. The number of carbonyl (C=O) groups excluding carboxylic acids is 1. The number of rotatable bonds is 5. The van der Waals surface area contributed by atoms with Gasteiger partial charge in [0.1, 0.15) is 0 Å². The van der Waals surface area contributed by atoms with E-state index in [1.54, 1.807) is 7.11 Å². The fourth-order valence-corrected chi connectivity index (χ4v) is 2.78. The average Bonchev–Trinajstić information content (AvgIpc) is 2.70. The van der Waals surface area contributed by atoms with E-state index in [2.05, 4.69) is 38.1 Å². The number of carbonyl (C=O) groups is 1. The number of methoxy groups -OCH3 is 1. The Bertz CT molecular complexity index is 456. The van der Waals surface area contributed by atoms with Gasteiger partial charge in [0.2, 0.25) is 5.91 Å². The second-order valence-electron chi connectivity index (χ2n) is 5.71. The lowest BCUT2D eigenvalue weighted by atomic mass is 9.96. The van der Waals surface area contributed by atoms with E-state index in [4.69, 9.17) is 10.5 Å². The summed E-state index contributed by atoms with van der Waals surface area (Å²) in [6, 6.07) is 8.29. The third-order valence-corrected chi connectivity index (χ3v) is 3.95. The third kappa shape index (κ3) is 3.02. The Morgan fingerprint density at radius 1 is 1.35 bits per heavy atom. The minimum absolute atomic E-state index is 0.0288. The minimum atomic E-state index is -0.135. The Hall–Kier alpha value is -1.39. The van der Waals surface area contributed by atoms with Gasteiger partial charge in [-0.25, -0.2) is 0 Å². The average molecular weight is 276 g/mol. The zero-order chi connectivity index (χ0) is 14.7. The molecule has 2 N–H and O–H groups in total. The highest BCUT2D eigenvalue weighted by atomic mass is 16.5. The van der Waals surface area contributed by atoms with Crippen molar-refractivity contribution in [3.05, 3.63) is 35.4 Å². The van der Waals surface area contributed by atoms with Crippen LogP contribution in [0.3, 0.4) is 0 Å². The molecule has 0 aromatic heterocycles. The second kappa shape index (κ2) is 6.37. The summed E-state index contributed by atoms with van der Waals surface area (Å²) in [6.45, 7) is 5.48. The summed E-state index contributed by atoms with van der Waals surface area (Å²) in [5.74, 6) is 0.625. The van der Waals surface area contributed by atoms with Gasteiger partial charge in [0, 0.05) is 26.1 Å². The molecule has 2 atom stereocenters. The molecule has 0 spiro atoms. The van der Waals surface area contributed by atoms with Crippen LogP contribution in [0.2, 0.25) is 0 Å². The molecule has 0 bridgehead atoms. The van der Waals surface area contributed by atoms with E-state index >= 15 is 0 Å². The first-order valence-electron chi connectivity index (χ1n) is 7.18. The molecule has 4 nitrogen and oxygen atoms in total. The number of hydrogen-bond donors (Lipinski definition) is 1. The molecule has 1 aromatic rings. The Kier molecular flexibility index (Phi) is 4.78. The molecule has 1 aliphatic rings. The van der Waals surface area contributed by atoms with Gasteiger partial charge in [-0.2, -0.15) is 0 Å². The molecule has 1 heterocycles. The first kappa shape index (κ1) is 15.0. The van der Waals surface area contributed by atoms with Crippen LogP contribution in [0.4, 0.5) is 0 Å². The third-order valence-electron chi connectivity index (χ3n) is 3.95. The molecule has 0 aliphatic carbocycles. The first-order chi connectivity index (χ1) is 9.54. The van der Waals surface area contributed by atoms with Gasteiger partial charge in [-0.3, -0.25) is 4.79 Å². The molecule has 2 unspecified atom stereocenters. The summed E-state index contributed by atoms with van der Waals surface area (Å²) < 4.78 is 5.09. The summed E-state index contributed by atoms with van der Waals surface area (Å²) in [7, 11) is 1.65. The van der Waals surface area contributed by atoms with Crippen LogP contribution < -0.4 is 5.73 Å². The van der Waals surface area contributed by atoms with Crippen LogP contribution >= 0.6 is 0 Å². The Morgan fingerprint density at radius 3 is 2.55 bits per heavy atom. The Balaban J connectivity index is 2.21. The van der Waals surface area contributed by atoms with E-state index in [1.165, 1.54) is 5.56 Å². The maximum atomic E-state index is 12.0. The van der Waals surface area contributed by atoms with Crippen molar-refractivity contribution in [2.75, 3.05) is 20.3 Å². The fraction of sp³-hybridized carbons (Fsp3) is 0.562. The first-order valence-corrected chi connectivity index (χ1v) is 7.18. The summed E-state index contributed by atoms with van der Waals surface area (Å²) in [6.07, 6.45) is 0.417. The van der Waals surface area contributed by atoms with E-state index in [9.17, 15) is 4.79 Å². The van der Waals surface area contributed by atoms with Crippen molar-refractivity contribution in [3.63, 3.8) is 0 Å². The van der Waals surface area contributed by atoms with Crippen LogP contribution in [0.1, 0.15) is 43.4 Å². The topological polar surface area (TPSA) is 55.6 Å². The molecule has 4 heteroatoms. The van der Waals surface area contributed by atoms with Gasteiger partial charge in [0.15, 0.2) is 0 Å². The smallest absolute Gasteiger partial charge is 0.224 e. The van der Waals surface area contributed by atoms with Gasteiger partial charge in [0.25, 0.3) is 0 Å². The summed E-state index contributed by atoms with van der Waals surface area (Å²) >= 11 is 0. The molecular weight excluding hydrogens is 252 g/mol. The van der Waals surface area contributed by atoms with Crippen LogP contribution in [-0.4, -0.2) is 37.1 Å². The van der Waals surface area contributed by atoms with E-state index < -0.39 is 0 Å². The lowest BCUT2D eigenvalue weighted by Gasteiger charge is -2.27. The lowest BCUT2D eigenvalue weighted by Crippen LogP contribution is -2.35. The largest absolute Gasteiger partial charge is 0.383 e. The number of hydrogen-bond acceptors (Lipinski definition) is 3. The van der Waals surface area contributed by atoms with Crippen molar-refractivity contribution in [2.24, 2.45) is 5.73 Å². The predicted molar refractivity (Wildman–Crippen MR) is 79.5 cm³/mol. The van der Waals surface area contributed by atoms with Gasteiger partial charge >= 0.3 is 0 Å². The van der Waals surface area contributed by atoms with Crippen LogP contribution in [0, 0.1) is 0 Å². The van der Waals surface area contributed by atoms with Crippen LogP contribution in [0.15, 0.2) is 24.3 Å². The molecule has 1 amide bonds. The monoisotopic (exact) mass is 276 g/mol. The highest BCUT2D eigenvalue weighted by Gasteiger charge is 2.38. The Labute approximate surface area is 120 Å². The molecule has 20 heavy (non-hydrogen) atoms. The maximum Gasteiger partial charge on any atom is 0.224 e. The molecule has 0 saturated carbocycles. The Morgan fingerprint density at radius 2 is 2.00 bits per heavy atom. The van der Waals surface area contributed by atoms with Gasteiger partial charge in [0.05, 0.1) is 12.6 Å². The highest BCUT2D eigenvalue weighted by Crippen LogP contribution is 2.32. The number of benzene rings is 1. The maximum absolute atomic E-state index is 12.0. The molecule has 1 fully saturated rings. The molecule has 1 aliphatic heterocycles. The standard InChI is InChI=1S/C16H24N2O2/c1-11(2)12-4-6-13(7-5-12)16-14(17)10-15(19)18(16)8-9-20-3/h4-7,11,14,16H,8-10,17H2,1-3H3. The van der Waals surface area contributed by atoms with Crippen molar-refractivity contribution in [1.82, 2.24) is 4.90 Å². The van der Waals surface area contributed by atoms with Crippen molar-refractivity contribution >= 4 is 5.91 Å². The predicted octanol–water partition coefficient (Wildman–Crippen LogP) is 2.06. The molecule has 1 aromatic carbocycles. The molecule has 0 radical (unpaired) electrons. The van der Waals surface area contributed by atoms with Crippen molar-refractivity contribution in [3.8, 4) is 0 Å². The molecule has 2 rings (SSSR count). The normalized spacial score (nSPS) is 22.9. The van der Waals surface area contributed by atoms with E-state index in [-0.39, 0.29) is 18.0 Å². The number of ether oxygens (including phenoxy) is 1. The SMILES string of the molecule is COCCN1C(=O)CC(N)C1c1ccc(C(C)C)cc1. The lowest BCUT2D eigenvalue weighted by molar-refractivity contribution is -0.129. The summed E-state index contributed by atoms with van der Waals surface area (Å²) in [5.41, 5.74) is 8.57. The number of nitrogens with two attached hydrogens (primary N) is 1. The van der Waals surface area contributed by atoms with Gasteiger partial charge in [-0.15, -0.1) is 0 Å². The zero-order valence-electron chi connectivity index (χ0n) is 12.5. The van der Waals surface area contributed by atoms with Crippen molar-refractivity contribution < 1.29 is 9.53 Å². The van der Waals surface area contributed by atoms with E-state index in [0.29, 0.717) is 25.5 Å². The van der Waals surface area contributed by atoms with E-state index in [1.807, 2.05) is 4.90 Å². The van der Waals surface area contributed by atoms with E-state index in [0.717, 1.165) is 5.56 Å². The van der Waals surface area contributed by atoms with Gasteiger partial charge in [-0.05, 0) is 17.0 Å². The number of likely N-dealkylation sites (tertiary alicyclic amines) is 1. The summed E-state index contributed by atoms with van der Waals surface area (Å²) in [4.78, 5) is 13.9. The molecule has 110 valence electrons. The van der Waals surface area contributed by atoms with Crippen LogP contribution in [0.5, 0.6) is 0 Å². The van der Waals surface area contributed by atoms with Crippen molar-refractivity contribution in [2.45, 2.75) is 38.3 Å². The van der Waals surface area contributed by atoms with Crippen LogP contribution in [-0.2, 0) is 9.53 Å². The van der Waals surface area contributed by atoms with Gasteiger partial charge in [-0.1, -0.05) is 38.1 Å². The van der Waals surface area contributed by atoms with Crippen LogP contribution in [0.25, 0.3) is 0 Å². The zero-order valence-corrected chi connectivity index (χ0v) is 12.5. The molecular formula is C16H24N2O2. The quantitative estimate of drug-likeness (QED) is 0.895. The minimum Gasteiger partial charge on any atom is -0.383 e. The number of amides is 1. The fourth-order valence-electron chi connectivity index (χ4n) is 2.78. The molecule has 1 saturated heterocycles. The van der Waals surface area contributed by atoms with Crippen molar-refractivity contribution in [1.29, 1.82) is 0 Å². The number of nitrogens with zero attached hydrogens (tertiary/aromatic N) is 1. The van der Waals surface area contributed by atoms with Gasteiger partial charge < -0.3 is 15.4 Å².